The van der Waals surface area contributed by atoms with Crippen LogP contribution in [0.25, 0.3) is 0 Å². The summed E-state index contributed by atoms with van der Waals surface area (Å²) in [5.41, 5.74) is 1.49. The molecular formula is C12H10BrClN2O2S. The Kier molecular flexibility index (Phi) is 4.44. The zero-order chi connectivity index (χ0) is 14.0. The molecule has 0 saturated carbocycles. The largest absolute Gasteiger partial charge is 0.380 e. The molecule has 0 aliphatic heterocycles. The van der Waals surface area contributed by atoms with Crippen LogP contribution in [0.4, 0.5) is 11.4 Å². The molecule has 0 atom stereocenters. The van der Waals surface area contributed by atoms with Crippen LogP contribution in [0.2, 0.25) is 4.34 Å². The first-order valence-corrected chi connectivity index (χ1v) is 7.38. The Morgan fingerprint density at radius 2 is 2.21 bits per heavy atom. The lowest BCUT2D eigenvalue weighted by molar-refractivity contribution is -0.385. The summed E-state index contributed by atoms with van der Waals surface area (Å²) in [5, 5.41) is 14.0. The number of anilines is 1. The van der Waals surface area contributed by atoms with E-state index < -0.39 is 0 Å². The maximum absolute atomic E-state index is 10.9. The van der Waals surface area contributed by atoms with Crippen LogP contribution >= 0.6 is 38.9 Å². The maximum atomic E-state index is 10.9. The summed E-state index contributed by atoms with van der Waals surface area (Å²) in [4.78, 5) is 11.5. The molecule has 2 aromatic rings. The molecule has 100 valence electrons. The summed E-state index contributed by atoms with van der Waals surface area (Å²) in [6.07, 6.45) is 0. The number of nitrogens with one attached hydrogen (secondary N) is 1. The average molecular weight is 362 g/mol. The SMILES string of the molecule is Cc1ccc(NCc2cc(Br)c(Cl)s2)cc1[N+](=O)[O-]. The highest BCUT2D eigenvalue weighted by Gasteiger charge is 2.11. The molecule has 0 bridgehead atoms. The van der Waals surface area contributed by atoms with E-state index in [-0.39, 0.29) is 10.6 Å². The zero-order valence-corrected chi connectivity index (χ0v) is 13.1. The van der Waals surface area contributed by atoms with Crippen molar-refractivity contribution in [1.29, 1.82) is 0 Å². The fourth-order valence-corrected chi connectivity index (χ4v) is 3.31. The number of hydrogen-bond acceptors (Lipinski definition) is 4. The Labute approximate surface area is 127 Å². The van der Waals surface area contributed by atoms with Crippen LogP contribution < -0.4 is 5.32 Å². The third-order valence-electron chi connectivity index (χ3n) is 2.57. The van der Waals surface area contributed by atoms with E-state index in [0.717, 1.165) is 15.0 Å². The topological polar surface area (TPSA) is 55.2 Å². The summed E-state index contributed by atoms with van der Waals surface area (Å²) in [5.74, 6) is 0. The Morgan fingerprint density at radius 3 is 2.79 bits per heavy atom. The number of nitro benzene ring substituents is 1. The van der Waals surface area contributed by atoms with Crippen LogP contribution in [0, 0.1) is 17.0 Å². The molecule has 0 spiro atoms. The maximum Gasteiger partial charge on any atom is 0.274 e. The van der Waals surface area contributed by atoms with E-state index in [2.05, 4.69) is 21.2 Å². The fraction of sp³-hybridized carbons (Fsp3) is 0.167. The molecule has 1 aromatic heterocycles. The van der Waals surface area contributed by atoms with E-state index in [0.29, 0.717) is 16.4 Å². The van der Waals surface area contributed by atoms with Crippen molar-refractivity contribution in [3.8, 4) is 0 Å². The Balaban J connectivity index is 2.11. The lowest BCUT2D eigenvalue weighted by Crippen LogP contribution is -1.99. The van der Waals surface area contributed by atoms with Crippen LogP contribution in [0.15, 0.2) is 28.7 Å². The van der Waals surface area contributed by atoms with Gasteiger partial charge in [0.25, 0.3) is 5.69 Å². The van der Waals surface area contributed by atoms with Gasteiger partial charge in [-0.05, 0) is 35.0 Å². The van der Waals surface area contributed by atoms with Gasteiger partial charge >= 0.3 is 0 Å². The van der Waals surface area contributed by atoms with Gasteiger partial charge in [0, 0.05) is 33.2 Å². The van der Waals surface area contributed by atoms with E-state index in [4.69, 9.17) is 11.6 Å². The Bertz CT molecular complexity index is 611. The van der Waals surface area contributed by atoms with Crippen molar-refractivity contribution in [3.63, 3.8) is 0 Å². The highest BCUT2D eigenvalue weighted by Crippen LogP contribution is 2.32. The molecule has 0 aliphatic rings. The number of hydrogen-bond donors (Lipinski definition) is 1. The molecule has 0 fully saturated rings. The van der Waals surface area contributed by atoms with Gasteiger partial charge in [0.05, 0.1) is 4.92 Å². The second kappa shape index (κ2) is 5.90. The van der Waals surface area contributed by atoms with E-state index in [1.165, 1.54) is 11.3 Å². The summed E-state index contributed by atoms with van der Waals surface area (Å²) in [7, 11) is 0. The number of thiophene rings is 1. The molecule has 0 amide bonds. The van der Waals surface area contributed by atoms with Gasteiger partial charge in [0.1, 0.15) is 4.34 Å². The average Bonchev–Trinajstić information content (AvgIpc) is 2.67. The minimum Gasteiger partial charge on any atom is -0.380 e. The predicted molar refractivity (Wildman–Crippen MR) is 82.2 cm³/mol. The smallest absolute Gasteiger partial charge is 0.274 e. The second-order valence-corrected chi connectivity index (χ2v) is 6.54. The standard InChI is InChI=1S/C12H10BrClN2O2S/c1-7-2-3-8(4-11(7)16(17)18)15-6-9-5-10(13)12(14)19-9/h2-5,15H,6H2,1H3. The van der Waals surface area contributed by atoms with Crippen molar-refractivity contribution < 1.29 is 4.92 Å². The molecule has 0 radical (unpaired) electrons. The number of rotatable bonds is 4. The molecule has 2 rings (SSSR count). The minimum atomic E-state index is -0.376. The number of nitro groups is 1. The molecule has 0 unspecified atom stereocenters. The number of benzene rings is 1. The first-order valence-electron chi connectivity index (χ1n) is 5.40. The quantitative estimate of drug-likeness (QED) is 0.616. The van der Waals surface area contributed by atoms with Crippen molar-refractivity contribution >= 4 is 50.2 Å². The molecule has 1 heterocycles. The van der Waals surface area contributed by atoms with E-state index in [1.54, 1.807) is 19.1 Å². The van der Waals surface area contributed by atoms with Crippen LogP contribution in [0.3, 0.4) is 0 Å². The molecular weight excluding hydrogens is 352 g/mol. The first kappa shape index (κ1) is 14.3. The van der Waals surface area contributed by atoms with Crippen molar-refractivity contribution in [1.82, 2.24) is 0 Å². The minimum absolute atomic E-state index is 0.121. The highest BCUT2D eigenvalue weighted by molar-refractivity contribution is 9.10. The van der Waals surface area contributed by atoms with Gasteiger partial charge in [0.2, 0.25) is 0 Å². The van der Waals surface area contributed by atoms with Gasteiger partial charge in [-0.15, -0.1) is 11.3 Å². The second-order valence-electron chi connectivity index (χ2n) is 3.95. The molecule has 0 aliphatic carbocycles. The van der Waals surface area contributed by atoms with E-state index >= 15 is 0 Å². The third kappa shape index (κ3) is 3.46. The van der Waals surface area contributed by atoms with Crippen LogP contribution in [0.5, 0.6) is 0 Å². The first-order chi connectivity index (χ1) is 8.97. The third-order valence-corrected chi connectivity index (χ3v) is 5.04. The van der Waals surface area contributed by atoms with Crippen LogP contribution in [-0.2, 0) is 6.54 Å². The molecule has 1 N–H and O–H groups in total. The summed E-state index contributed by atoms with van der Waals surface area (Å²) >= 11 is 10.8. The normalized spacial score (nSPS) is 10.5. The van der Waals surface area contributed by atoms with Gasteiger partial charge in [-0.1, -0.05) is 17.7 Å². The summed E-state index contributed by atoms with van der Waals surface area (Å²) in [6, 6.07) is 7.03. The lowest BCUT2D eigenvalue weighted by atomic mass is 10.2. The van der Waals surface area contributed by atoms with E-state index in [9.17, 15) is 10.1 Å². The van der Waals surface area contributed by atoms with Gasteiger partial charge < -0.3 is 5.32 Å². The number of nitrogens with zero attached hydrogens (tertiary/aromatic N) is 1. The Morgan fingerprint density at radius 1 is 1.47 bits per heavy atom. The van der Waals surface area contributed by atoms with E-state index in [1.807, 2.05) is 12.1 Å². The predicted octanol–water partition coefficient (Wildman–Crippen LogP) is 4.99. The van der Waals surface area contributed by atoms with Gasteiger partial charge in [-0.3, -0.25) is 10.1 Å². The summed E-state index contributed by atoms with van der Waals surface area (Å²) in [6.45, 7) is 2.30. The summed E-state index contributed by atoms with van der Waals surface area (Å²) < 4.78 is 1.57. The monoisotopic (exact) mass is 360 g/mol. The number of aryl methyl sites for hydroxylation is 1. The fourth-order valence-electron chi connectivity index (χ4n) is 1.58. The molecule has 19 heavy (non-hydrogen) atoms. The molecule has 4 nitrogen and oxygen atoms in total. The number of halogens is 2. The van der Waals surface area contributed by atoms with Crippen LogP contribution in [-0.4, -0.2) is 4.92 Å². The van der Waals surface area contributed by atoms with Crippen molar-refractivity contribution in [2.75, 3.05) is 5.32 Å². The van der Waals surface area contributed by atoms with Crippen molar-refractivity contribution in [2.24, 2.45) is 0 Å². The van der Waals surface area contributed by atoms with Gasteiger partial charge in [-0.2, -0.15) is 0 Å². The zero-order valence-electron chi connectivity index (χ0n) is 9.94. The van der Waals surface area contributed by atoms with Gasteiger partial charge in [-0.25, -0.2) is 0 Å². The lowest BCUT2D eigenvalue weighted by Gasteiger charge is -2.05. The molecule has 7 heteroatoms. The molecule has 0 saturated heterocycles. The highest BCUT2D eigenvalue weighted by atomic mass is 79.9. The Hall–Kier alpha value is -1.11. The van der Waals surface area contributed by atoms with Gasteiger partial charge in [0.15, 0.2) is 0 Å². The van der Waals surface area contributed by atoms with Crippen molar-refractivity contribution in [2.45, 2.75) is 13.5 Å². The van der Waals surface area contributed by atoms with Crippen LogP contribution in [0.1, 0.15) is 10.4 Å². The molecule has 1 aromatic carbocycles. The van der Waals surface area contributed by atoms with Crippen molar-refractivity contribution in [3.05, 3.63) is 53.6 Å².